The Morgan fingerprint density at radius 3 is 2.79 bits per heavy atom. The normalized spacial score (nSPS) is 36.1. The molecule has 1 saturated carbocycles. The van der Waals surface area contributed by atoms with E-state index in [1.165, 1.54) is 23.9 Å². The summed E-state index contributed by atoms with van der Waals surface area (Å²) in [7, 11) is 0. The Bertz CT molecular complexity index is 682. The molecule has 0 spiro atoms. The number of alkyl halides is 1. The zero-order valence-electron chi connectivity index (χ0n) is 13.1. The van der Waals surface area contributed by atoms with Crippen LogP contribution in [0.25, 0.3) is 0 Å². The molecule has 2 aliphatic heterocycles. The number of hydrogen-bond donors (Lipinski definition) is 1. The first kappa shape index (κ1) is 16.3. The van der Waals surface area contributed by atoms with Gasteiger partial charge in [0.2, 0.25) is 0 Å². The molecule has 2 N–H and O–H groups in total. The van der Waals surface area contributed by atoms with Gasteiger partial charge in [-0.1, -0.05) is 17.8 Å². The van der Waals surface area contributed by atoms with E-state index in [9.17, 15) is 13.2 Å². The fraction of sp³-hybridized carbons (Fsp3) is 0.588. The van der Waals surface area contributed by atoms with Crippen molar-refractivity contribution in [1.82, 2.24) is 0 Å². The summed E-state index contributed by atoms with van der Waals surface area (Å²) in [6, 6.07) is 3.43. The van der Waals surface area contributed by atoms with Gasteiger partial charge in [-0.3, -0.25) is 0 Å². The lowest BCUT2D eigenvalue weighted by atomic mass is 9.72. The molecule has 7 heteroatoms. The standard InChI is InChI=1S/C17H19F3N2OS/c18-7-15-12-6-14(9-1-2-9)23-8-17(12,22-16(21)24-15)11-4-3-10(19)5-13(11)20/h3-5,9,12,14-15H,1-2,6-8H2,(H2,21,22)/t12-,14+,15+,17+/m0/s1. The molecular formula is C17H19F3N2OS. The summed E-state index contributed by atoms with van der Waals surface area (Å²) in [6.07, 6.45) is 2.93. The molecule has 0 bridgehead atoms. The van der Waals surface area contributed by atoms with Crippen molar-refractivity contribution in [2.45, 2.75) is 36.2 Å². The van der Waals surface area contributed by atoms with E-state index in [0.29, 0.717) is 12.3 Å². The Morgan fingerprint density at radius 2 is 2.12 bits per heavy atom. The van der Waals surface area contributed by atoms with Crippen LogP contribution in [0, 0.1) is 23.5 Å². The van der Waals surface area contributed by atoms with E-state index in [1.807, 2.05) is 0 Å². The summed E-state index contributed by atoms with van der Waals surface area (Å²) in [4.78, 5) is 4.51. The summed E-state index contributed by atoms with van der Waals surface area (Å²) < 4.78 is 47.5. The molecule has 1 aromatic carbocycles. The number of rotatable bonds is 3. The van der Waals surface area contributed by atoms with Gasteiger partial charge >= 0.3 is 0 Å². The molecule has 0 radical (unpaired) electrons. The number of nitrogens with zero attached hydrogens (tertiary/aromatic N) is 1. The first-order valence-electron chi connectivity index (χ1n) is 8.18. The molecule has 0 amide bonds. The molecule has 0 unspecified atom stereocenters. The topological polar surface area (TPSA) is 47.6 Å². The Morgan fingerprint density at radius 1 is 1.33 bits per heavy atom. The van der Waals surface area contributed by atoms with Gasteiger partial charge in [0.1, 0.15) is 23.8 Å². The molecule has 2 fully saturated rings. The molecule has 4 rings (SSSR count). The van der Waals surface area contributed by atoms with E-state index in [1.54, 1.807) is 0 Å². The van der Waals surface area contributed by atoms with Gasteiger partial charge in [-0.15, -0.1) is 0 Å². The molecule has 1 saturated heterocycles. The number of hydrogen-bond acceptors (Lipinski definition) is 4. The van der Waals surface area contributed by atoms with Crippen molar-refractivity contribution in [2.24, 2.45) is 22.6 Å². The highest BCUT2D eigenvalue weighted by molar-refractivity contribution is 8.14. The van der Waals surface area contributed by atoms with E-state index in [-0.39, 0.29) is 29.4 Å². The maximum atomic E-state index is 14.5. The third kappa shape index (κ3) is 2.62. The van der Waals surface area contributed by atoms with Crippen LogP contribution in [-0.2, 0) is 10.3 Å². The highest BCUT2D eigenvalue weighted by Gasteiger charge is 2.54. The Balaban J connectivity index is 1.79. The summed E-state index contributed by atoms with van der Waals surface area (Å²) in [5.41, 5.74) is 5.08. The molecule has 2 heterocycles. The Labute approximate surface area is 142 Å². The second-order valence-corrected chi connectivity index (χ2v) is 8.10. The minimum Gasteiger partial charge on any atom is -0.379 e. The summed E-state index contributed by atoms with van der Waals surface area (Å²) in [6.45, 7) is -0.410. The molecule has 130 valence electrons. The first-order chi connectivity index (χ1) is 11.5. The smallest absolute Gasteiger partial charge is 0.155 e. The lowest BCUT2D eigenvalue weighted by Crippen LogP contribution is -2.54. The van der Waals surface area contributed by atoms with Crippen LogP contribution >= 0.6 is 11.8 Å². The van der Waals surface area contributed by atoms with Gasteiger partial charge in [-0.05, 0) is 31.2 Å². The van der Waals surface area contributed by atoms with E-state index < -0.39 is 29.1 Å². The van der Waals surface area contributed by atoms with Gasteiger partial charge < -0.3 is 10.5 Å². The Kier molecular flexibility index (Phi) is 4.03. The lowest BCUT2D eigenvalue weighted by Gasteiger charge is -2.49. The molecular weight excluding hydrogens is 337 g/mol. The predicted octanol–water partition coefficient (Wildman–Crippen LogP) is 3.37. The van der Waals surface area contributed by atoms with Crippen LogP contribution in [0.1, 0.15) is 24.8 Å². The van der Waals surface area contributed by atoms with Crippen LogP contribution in [0.3, 0.4) is 0 Å². The molecule has 1 aromatic rings. The van der Waals surface area contributed by atoms with Crippen LogP contribution in [0.2, 0.25) is 0 Å². The minimum atomic E-state index is -1.07. The average molecular weight is 356 g/mol. The number of ether oxygens (including phenoxy) is 1. The summed E-state index contributed by atoms with van der Waals surface area (Å²) >= 11 is 1.21. The van der Waals surface area contributed by atoms with Crippen molar-refractivity contribution in [3.05, 3.63) is 35.4 Å². The number of halogens is 3. The van der Waals surface area contributed by atoms with E-state index in [0.717, 1.165) is 18.9 Å². The first-order valence-corrected chi connectivity index (χ1v) is 9.06. The van der Waals surface area contributed by atoms with Crippen LogP contribution in [0.15, 0.2) is 23.2 Å². The largest absolute Gasteiger partial charge is 0.379 e. The van der Waals surface area contributed by atoms with Crippen LogP contribution in [0.4, 0.5) is 13.2 Å². The molecule has 3 aliphatic rings. The lowest BCUT2D eigenvalue weighted by molar-refractivity contribution is -0.0736. The number of benzene rings is 1. The monoisotopic (exact) mass is 356 g/mol. The predicted molar refractivity (Wildman–Crippen MR) is 87.6 cm³/mol. The molecule has 0 aromatic heterocycles. The number of amidine groups is 1. The second-order valence-electron chi connectivity index (χ2n) is 6.84. The van der Waals surface area contributed by atoms with Crippen molar-refractivity contribution in [3.8, 4) is 0 Å². The highest BCUT2D eigenvalue weighted by Crippen LogP contribution is 2.52. The minimum absolute atomic E-state index is 0.0656. The zero-order chi connectivity index (χ0) is 16.9. The average Bonchev–Trinajstić information content (AvgIpc) is 3.38. The van der Waals surface area contributed by atoms with Gasteiger partial charge in [0.25, 0.3) is 0 Å². The number of aliphatic imine (C=N–C) groups is 1. The van der Waals surface area contributed by atoms with Crippen LogP contribution in [-0.4, -0.2) is 29.8 Å². The number of fused-ring (bicyclic) bond motifs is 1. The maximum Gasteiger partial charge on any atom is 0.155 e. The van der Waals surface area contributed by atoms with E-state index in [2.05, 4.69) is 4.99 Å². The van der Waals surface area contributed by atoms with Crippen molar-refractivity contribution < 1.29 is 17.9 Å². The number of thioether (sulfide) groups is 1. The fourth-order valence-corrected chi connectivity index (χ4v) is 5.09. The van der Waals surface area contributed by atoms with Crippen molar-refractivity contribution in [2.75, 3.05) is 13.3 Å². The number of nitrogens with two attached hydrogens (primary N) is 1. The van der Waals surface area contributed by atoms with Gasteiger partial charge in [0.15, 0.2) is 5.17 Å². The molecule has 3 nitrogen and oxygen atoms in total. The SMILES string of the molecule is NC1=N[C@@]2(c3ccc(F)cc3F)CO[C@@H](C3CC3)C[C@H]2[C@@H](CF)S1. The molecule has 1 aliphatic carbocycles. The maximum absolute atomic E-state index is 14.5. The van der Waals surface area contributed by atoms with Crippen molar-refractivity contribution in [3.63, 3.8) is 0 Å². The van der Waals surface area contributed by atoms with E-state index in [4.69, 9.17) is 10.5 Å². The van der Waals surface area contributed by atoms with Gasteiger partial charge in [-0.2, -0.15) is 0 Å². The highest BCUT2D eigenvalue weighted by atomic mass is 32.2. The molecule has 4 atom stereocenters. The van der Waals surface area contributed by atoms with Crippen molar-refractivity contribution in [1.29, 1.82) is 0 Å². The van der Waals surface area contributed by atoms with Crippen LogP contribution < -0.4 is 5.73 Å². The third-order valence-electron chi connectivity index (χ3n) is 5.35. The van der Waals surface area contributed by atoms with Gasteiger partial charge in [-0.25, -0.2) is 18.2 Å². The Hall–Kier alpha value is -1.21. The molecule has 24 heavy (non-hydrogen) atoms. The van der Waals surface area contributed by atoms with E-state index >= 15 is 0 Å². The third-order valence-corrected chi connectivity index (χ3v) is 6.44. The van der Waals surface area contributed by atoms with Gasteiger partial charge in [0, 0.05) is 22.8 Å². The fourth-order valence-electron chi connectivity index (χ4n) is 4.00. The summed E-state index contributed by atoms with van der Waals surface area (Å²) in [5.74, 6) is -1.05. The zero-order valence-corrected chi connectivity index (χ0v) is 13.9. The van der Waals surface area contributed by atoms with Crippen LogP contribution in [0.5, 0.6) is 0 Å². The second kappa shape index (κ2) is 5.95. The van der Waals surface area contributed by atoms with Crippen molar-refractivity contribution >= 4 is 16.9 Å². The summed E-state index contributed by atoms with van der Waals surface area (Å²) in [5, 5.41) is -0.164. The van der Waals surface area contributed by atoms with Gasteiger partial charge in [0.05, 0.1) is 12.7 Å². The quantitative estimate of drug-likeness (QED) is 0.903.